The van der Waals surface area contributed by atoms with E-state index in [1.807, 2.05) is 0 Å². The van der Waals surface area contributed by atoms with Gasteiger partial charge < -0.3 is 20.1 Å². The van der Waals surface area contributed by atoms with Crippen molar-refractivity contribution in [2.45, 2.75) is 258 Å². The van der Waals surface area contributed by atoms with Crippen molar-refractivity contribution in [1.82, 2.24) is 0 Å². The molecule has 0 radical (unpaired) electrons. The number of hydrogen-bond donors (Lipinski definition) is 2. The molecule has 0 rings (SSSR count). The molecule has 0 saturated heterocycles. The van der Waals surface area contributed by atoms with E-state index >= 15 is 0 Å². The fourth-order valence-electron chi connectivity index (χ4n) is 7.62. The predicted octanol–water partition coefficient (Wildman–Crippen LogP) is 16.8. The largest absolute Gasteiger partial charge is 0.472 e. The molecule has 0 aliphatic carbocycles. The fraction of sp³-hybridized carbons (Fsp3) is 0.786. The topological polar surface area (TPSA) is 134 Å². The third-order valence-electron chi connectivity index (χ3n) is 11.6. The van der Waals surface area contributed by atoms with Gasteiger partial charge in [-0.1, -0.05) is 222 Å². The van der Waals surface area contributed by atoms with Crippen LogP contribution in [0.1, 0.15) is 251 Å². The lowest BCUT2D eigenvalue weighted by atomic mass is 10.0. The average Bonchev–Trinajstić information content (AvgIpc) is 3.31. The smallest absolute Gasteiger partial charge is 0.462 e. The summed E-state index contributed by atoms with van der Waals surface area (Å²) in [6.07, 6.45) is 64.1. The van der Waals surface area contributed by atoms with Crippen LogP contribution >= 0.6 is 7.82 Å². The summed E-state index contributed by atoms with van der Waals surface area (Å²) in [5.41, 5.74) is 5.37. The molecule has 2 atom stereocenters. The molecule has 0 aliphatic heterocycles. The number of esters is 2. The van der Waals surface area contributed by atoms with E-state index < -0.39 is 26.5 Å². The second-order valence-corrected chi connectivity index (χ2v) is 19.5. The van der Waals surface area contributed by atoms with Gasteiger partial charge in [-0.2, -0.15) is 0 Å². The van der Waals surface area contributed by atoms with Crippen molar-refractivity contribution in [3.63, 3.8) is 0 Å². The molecule has 66 heavy (non-hydrogen) atoms. The maximum atomic E-state index is 12.7. The number of allylic oxidation sites excluding steroid dienone is 10. The monoisotopic (exact) mass is 948 g/mol. The van der Waals surface area contributed by atoms with Crippen molar-refractivity contribution >= 4 is 19.8 Å². The molecule has 10 heteroatoms. The van der Waals surface area contributed by atoms with E-state index in [0.717, 1.165) is 77.0 Å². The van der Waals surface area contributed by atoms with E-state index in [-0.39, 0.29) is 38.6 Å². The highest BCUT2D eigenvalue weighted by molar-refractivity contribution is 7.47. The Kier molecular flexibility index (Phi) is 50.3. The highest BCUT2D eigenvalue weighted by atomic mass is 31.2. The molecule has 0 heterocycles. The number of rotatable bonds is 51. The van der Waals surface area contributed by atoms with Crippen LogP contribution in [0.4, 0.5) is 0 Å². The van der Waals surface area contributed by atoms with Gasteiger partial charge in [0.15, 0.2) is 6.10 Å². The van der Waals surface area contributed by atoms with Crippen LogP contribution in [0.15, 0.2) is 60.8 Å². The lowest BCUT2D eigenvalue weighted by molar-refractivity contribution is -0.161. The van der Waals surface area contributed by atoms with Crippen molar-refractivity contribution in [3.8, 4) is 0 Å². The Morgan fingerprint density at radius 3 is 1.26 bits per heavy atom. The number of phosphoric acid groups is 1. The van der Waals surface area contributed by atoms with Crippen LogP contribution in [0.3, 0.4) is 0 Å². The molecule has 0 aromatic rings. The molecule has 0 spiro atoms. The third kappa shape index (κ3) is 51.1. The number of hydrogen-bond acceptors (Lipinski definition) is 8. The van der Waals surface area contributed by atoms with E-state index in [4.69, 9.17) is 24.3 Å². The number of carbonyl (C=O) groups excluding carboxylic acids is 2. The van der Waals surface area contributed by atoms with Gasteiger partial charge >= 0.3 is 19.8 Å². The summed E-state index contributed by atoms with van der Waals surface area (Å²) in [7, 11) is -4.39. The van der Waals surface area contributed by atoms with Gasteiger partial charge in [-0.15, -0.1) is 0 Å². The zero-order chi connectivity index (χ0) is 48.1. The van der Waals surface area contributed by atoms with Gasteiger partial charge in [0.05, 0.1) is 13.2 Å². The van der Waals surface area contributed by atoms with Crippen molar-refractivity contribution in [1.29, 1.82) is 0 Å². The van der Waals surface area contributed by atoms with Crippen LogP contribution in [0.2, 0.25) is 0 Å². The minimum Gasteiger partial charge on any atom is -0.462 e. The molecule has 0 aliphatic rings. The molecule has 0 aromatic carbocycles. The number of ether oxygens (including phenoxy) is 2. The quantitative estimate of drug-likeness (QED) is 0.0264. The van der Waals surface area contributed by atoms with Gasteiger partial charge in [-0.05, 0) is 77.0 Å². The molecule has 0 amide bonds. The van der Waals surface area contributed by atoms with Gasteiger partial charge in [0.2, 0.25) is 0 Å². The first-order valence-corrected chi connectivity index (χ1v) is 28.8. The molecule has 9 nitrogen and oxygen atoms in total. The molecule has 0 saturated carbocycles. The second-order valence-electron chi connectivity index (χ2n) is 18.1. The zero-order valence-corrected chi connectivity index (χ0v) is 43.6. The summed E-state index contributed by atoms with van der Waals surface area (Å²) in [4.78, 5) is 35.1. The summed E-state index contributed by atoms with van der Waals surface area (Å²) in [6.45, 7) is 3.65. The zero-order valence-electron chi connectivity index (χ0n) is 42.7. The van der Waals surface area contributed by atoms with Gasteiger partial charge in [0, 0.05) is 19.4 Å². The van der Waals surface area contributed by atoms with Gasteiger partial charge in [-0.3, -0.25) is 18.6 Å². The minimum absolute atomic E-state index is 0.0519. The number of unbranched alkanes of at least 4 members (excludes halogenated alkanes) is 28. The van der Waals surface area contributed by atoms with Crippen molar-refractivity contribution in [2.75, 3.05) is 26.4 Å². The summed E-state index contributed by atoms with van der Waals surface area (Å²) >= 11 is 0. The Hall–Kier alpha value is -2.29. The molecule has 0 aromatic heterocycles. The van der Waals surface area contributed by atoms with Crippen molar-refractivity contribution in [2.24, 2.45) is 5.73 Å². The summed E-state index contributed by atoms with van der Waals surface area (Å²) in [6, 6.07) is 0. The van der Waals surface area contributed by atoms with E-state index in [2.05, 4.69) is 74.6 Å². The predicted molar refractivity (Wildman–Crippen MR) is 279 cm³/mol. The molecule has 0 bridgehead atoms. The Balaban J connectivity index is 3.99. The molecule has 384 valence electrons. The Morgan fingerprint density at radius 1 is 0.470 bits per heavy atom. The summed E-state index contributed by atoms with van der Waals surface area (Å²) in [5, 5.41) is 0. The molecular weight excluding hydrogens is 846 g/mol. The van der Waals surface area contributed by atoms with Crippen LogP contribution in [0.5, 0.6) is 0 Å². The maximum Gasteiger partial charge on any atom is 0.472 e. The minimum atomic E-state index is -4.39. The second kappa shape index (κ2) is 52.1. The highest BCUT2D eigenvalue weighted by Gasteiger charge is 2.26. The lowest BCUT2D eigenvalue weighted by Crippen LogP contribution is -2.29. The van der Waals surface area contributed by atoms with Crippen LogP contribution in [0, 0.1) is 0 Å². The van der Waals surface area contributed by atoms with E-state index in [9.17, 15) is 19.0 Å². The van der Waals surface area contributed by atoms with Crippen LogP contribution in [-0.2, 0) is 32.7 Å². The molecule has 0 fully saturated rings. The first kappa shape index (κ1) is 63.7. The van der Waals surface area contributed by atoms with Gasteiger partial charge in [0.25, 0.3) is 0 Å². The first-order valence-electron chi connectivity index (χ1n) is 27.3. The van der Waals surface area contributed by atoms with Crippen molar-refractivity contribution in [3.05, 3.63) is 60.8 Å². The maximum absolute atomic E-state index is 12.7. The standard InChI is InChI=1S/C56H102NO8P/c1-3-5-7-9-11-13-15-17-19-21-23-24-25-26-27-28-29-30-31-33-35-37-39-41-43-45-47-49-56(59)65-54(53-64-66(60,61)63-51-50-57)52-62-55(58)48-46-44-42-40-38-36-34-32-22-20-18-16-14-12-10-8-6-4-2/h5,7,11,13,17,19-20,22-24,54H,3-4,6,8-10,12,14-16,18,21,25-53,57H2,1-2H3,(H,60,61)/b7-5-,13-11-,19-17-,22-20-,24-23-. The van der Waals surface area contributed by atoms with E-state index in [1.54, 1.807) is 0 Å². The normalized spacial score (nSPS) is 13.6. The Bertz CT molecular complexity index is 1260. The number of carbonyl (C=O) groups is 2. The molecular formula is C56H102NO8P. The first-order chi connectivity index (χ1) is 32.3. The fourth-order valence-corrected chi connectivity index (χ4v) is 8.39. The third-order valence-corrected chi connectivity index (χ3v) is 12.6. The highest BCUT2D eigenvalue weighted by Crippen LogP contribution is 2.43. The molecule has 3 N–H and O–H groups in total. The van der Waals surface area contributed by atoms with E-state index in [1.165, 1.54) is 141 Å². The van der Waals surface area contributed by atoms with Crippen LogP contribution in [-0.4, -0.2) is 49.3 Å². The Morgan fingerprint density at radius 2 is 0.833 bits per heavy atom. The number of nitrogens with two attached hydrogens (primary N) is 1. The summed E-state index contributed by atoms with van der Waals surface area (Å²) in [5.74, 6) is -0.827. The SMILES string of the molecule is CC/C=C\C/C=C\C/C=C\C/C=C\CCCCCCCCCCCCCCCCC(=O)OC(COC(=O)CCCCCCCCC/C=C\CCCCCCCCC)COP(=O)(O)OCCN. The lowest BCUT2D eigenvalue weighted by Gasteiger charge is -2.19. The van der Waals surface area contributed by atoms with Crippen LogP contribution in [0.25, 0.3) is 0 Å². The summed E-state index contributed by atoms with van der Waals surface area (Å²) < 4.78 is 33.0. The average molecular weight is 948 g/mol. The van der Waals surface area contributed by atoms with Gasteiger partial charge in [0.1, 0.15) is 6.61 Å². The number of phosphoric ester groups is 1. The Labute approximate surface area is 406 Å². The van der Waals surface area contributed by atoms with Gasteiger partial charge in [-0.25, -0.2) is 4.57 Å². The van der Waals surface area contributed by atoms with Crippen LogP contribution < -0.4 is 5.73 Å². The van der Waals surface area contributed by atoms with E-state index in [0.29, 0.717) is 6.42 Å². The molecule has 2 unspecified atom stereocenters. The van der Waals surface area contributed by atoms with Crippen molar-refractivity contribution < 1.29 is 37.6 Å².